The Morgan fingerprint density at radius 3 is 2.67 bits per heavy atom. The molecule has 2 aliphatic rings. The first-order valence-corrected chi connectivity index (χ1v) is 7.43. The average Bonchev–Trinajstić information content (AvgIpc) is 2.71. The first kappa shape index (κ1) is 14.1. The molecule has 2 N–H and O–H groups in total. The number of carbonyl (C=O) groups excluding carboxylic acids is 2. The van der Waals surface area contributed by atoms with Crippen molar-refractivity contribution in [2.24, 2.45) is 0 Å². The number of nitrogens with zero attached hydrogens (tertiary/aromatic N) is 1. The Balaban J connectivity index is 1.96. The van der Waals surface area contributed by atoms with E-state index in [2.05, 4.69) is 17.4 Å². The predicted molar refractivity (Wildman–Crippen MR) is 77.8 cm³/mol. The molecule has 1 fully saturated rings. The number of fused-ring (bicyclic) bond motifs is 1. The molecule has 3 rings (SSSR count). The lowest BCUT2D eigenvalue weighted by Crippen LogP contribution is -2.41. The lowest BCUT2D eigenvalue weighted by atomic mass is 9.85. The zero-order valence-corrected chi connectivity index (χ0v) is 12.2. The van der Waals surface area contributed by atoms with Gasteiger partial charge in [-0.1, -0.05) is 18.2 Å². The monoisotopic (exact) mass is 288 g/mol. The van der Waals surface area contributed by atoms with Gasteiger partial charge in [-0.05, 0) is 49.3 Å². The standard InChI is InChI=1S/C16H20N2O3/c1-16(14(20)18(8-9-19)15(21)17-16)13-7-6-11-4-2-3-5-12(11)10-13/h6-7,10,19H,2-5,8-9H2,1H3,(H,17,21). The Kier molecular flexibility index (Phi) is 3.45. The molecule has 0 radical (unpaired) electrons. The maximum absolute atomic E-state index is 12.5. The molecule has 21 heavy (non-hydrogen) atoms. The van der Waals surface area contributed by atoms with Crippen molar-refractivity contribution in [2.45, 2.75) is 38.1 Å². The van der Waals surface area contributed by atoms with E-state index < -0.39 is 11.6 Å². The fourth-order valence-electron chi connectivity index (χ4n) is 3.24. The highest BCUT2D eigenvalue weighted by atomic mass is 16.3. The van der Waals surface area contributed by atoms with Crippen LogP contribution in [0.1, 0.15) is 36.5 Å². The summed E-state index contributed by atoms with van der Waals surface area (Å²) in [5.41, 5.74) is 2.42. The molecule has 0 saturated carbocycles. The zero-order valence-electron chi connectivity index (χ0n) is 12.2. The second-order valence-corrected chi connectivity index (χ2v) is 5.93. The molecule has 1 saturated heterocycles. The molecule has 1 atom stereocenters. The second-order valence-electron chi connectivity index (χ2n) is 5.93. The molecule has 1 heterocycles. The van der Waals surface area contributed by atoms with E-state index in [-0.39, 0.29) is 19.1 Å². The third-order valence-corrected chi connectivity index (χ3v) is 4.52. The highest BCUT2D eigenvalue weighted by Gasteiger charge is 2.48. The smallest absolute Gasteiger partial charge is 0.325 e. The predicted octanol–water partition coefficient (Wildman–Crippen LogP) is 1.32. The highest BCUT2D eigenvalue weighted by Crippen LogP contribution is 2.32. The summed E-state index contributed by atoms with van der Waals surface area (Å²) in [7, 11) is 0. The van der Waals surface area contributed by atoms with E-state index in [1.807, 2.05) is 6.07 Å². The zero-order chi connectivity index (χ0) is 15.0. The van der Waals surface area contributed by atoms with Crippen LogP contribution in [0.4, 0.5) is 4.79 Å². The maximum atomic E-state index is 12.5. The summed E-state index contributed by atoms with van der Waals surface area (Å²) < 4.78 is 0. The SMILES string of the molecule is CC1(c2ccc3c(c2)CCCC3)NC(=O)N(CCO)C1=O. The quantitative estimate of drug-likeness (QED) is 0.824. The number of imide groups is 1. The van der Waals surface area contributed by atoms with Crippen molar-refractivity contribution in [1.82, 2.24) is 10.2 Å². The normalized spacial score (nSPS) is 25.0. The van der Waals surface area contributed by atoms with Crippen LogP contribution in [0.15, 0.2) is 18.2 Å². The summed E-state index contributed by atoms with van der Waals surface area (Å²) in [5.74, 6) is -0.294. The van der Waals surface area contributed by atoms with Crippen LogP contribution in [0.2, 0.25) is 0 Å². The van der Waals surface area contributed by atoms with Gasteiger partial charge in [0.2, 0.25) is 0 Å². The van der Waals surface area contributed by atoms with Gasteiger partial charge >= 0.3 is 6.03 Å². The number of rotatable bonds is 3. The van der Waals surface area contributed by atoms with E-state index in [4.69, 9.17) is 5.11 Å². The minimum atomic E-state index is -1.03. The van der Waals surface area contributed by atoms with Crippen molar-refractivity contribution < 1.29 is 14.7 Å². The number of aryl methyl sites for hydroxylation is 2. The molecule has 0 bridgehead atoms. The summed E-state index contributed by atoms with van der Waals surface area (Å²) in [5, 5.41) is 11.8. The van der Waals surface area contributed by atoms with Gasteiger partial charge in [0.05, 0.1) is 13.2 Å². The van der Waals surface area contributed by atoms with Gasteiger partial charge in [0.15, 0.2) is 0 Å². The molecule has 0 aromatic heterocycles. The first-order valence-electron chi connectivity index (χ1n) is 7.43. The minimum absolute atomic E-state index is 0.0329. The van der Waals surface area contributed by atoms with Crippen LogP contribution in [0, 0.1) is 0 Å². The van der Waals surface area contributed by atoms with Gasteiger partial charge in [-0.25, -0.2) is 4.79 Å². The van der Waals surface area contributed by atoms with E-state index >= 15 is 0 Å². The van der Waals surface area contributed by atoms with Crippen molar-refractivity contribution in [3.05, 3.63) is 34.9 Å². The van der Waals surface area contributed by atoms with Gasteiger partial charge in [0.25, 0.3) is 5.91 Å². The van der Waals surface area contributed by atoms with E-state index in [1.165, 1.54) is 24.0 Å². The van der Waals surface area contributed by atoms with Crippen molar-refractivity contribution in [2.75, 3.05) is 13.2 Å². The first-order chi connectivity index (χ1) is 10.1. The largest absolute Gasteiger partial charge is 0.395 e. The van der Waals surface area contributed by atoms with Gasteiger partial charge in [0.1, 0.15) is 5.54 Å². The summed E-state index contributed by atoms with van der Waals surface area (Å²) in [6, 6.07) is 5.62. The summed E-state index contributed by atoms with van der Waals surface area (Å²) >= 11 is 0. The average molecular weight is 288 g/mol. The molecule has 1 unspecified atom stereocenters. The summed E-state index contributed by atoms with van der Waals surface area (Å²) in [4.78, 5) is 25.5. The molecular formula is C16H20N2O3. The van der Waals surface area contributed by atoms with Gasteiger partial charge < -0.3 is 10.4 Å². The number of β-amino-alcohol motifs (C(OH)–C–C–N with tert-alkyl or cyclic N) is 1. The number of benzene rings is 1. The lowest BCUT2D eigenvalue weighted by Gasteiger charge is -2.25. The van der Waals surface area contributed by atoms with Gasteiger partial charge in [0, 0.05) is 0 Å². The number of hydrogen-bond donors (Lipinski definition) is 2. The van der Waals surface area contributed by atoms with Crippen molar-refractivity contribution in [3.8, 4) is 0 Å². The summed E-state index contributed by atoms with van der Waals surface area (Å²) in [6.45, 7) is 1.54. The number of amides is 3. The molecular weight excluding hydrogens is 268 g/mol. The fourth-order valence-corrected chi connectivity index (χ4v) is 3.24. The molecule has 5 heteroatoms. The van der Waals surface area contributed by atoms with Gasteiger partial charge in [-0.15, -0.1) is 0 Å². The Morgan fingerprint density at radius 1 is 1.24 bits per heavy atom. The molecule has 1 aromatic carbocycles. The minimum Gasteiger partial charge on any atom is -0.395 e. The van der Waals surface area contributed by atoms with E-state index in [0.29, 0.717) is 0 Å². The molecule has 1 aromatic rings. The van der Waals surface area contributed by atoms with Crippen LogP contribution >= 0.6 is 0 Å². The maximum Gasteiger partial charge on any atom is 0.325 e. The molecule has 5 nitrogen and oxygen atoms in total. The Bertz CT molecular complexity index is 599. The molecule has 0 spiro atoms. The summed E-state index contributed by atoms with van der Waals surface area (Å²) in [6.07, 6.45) is 4.50. The highest BCUT2D eigenvalue weighted by molar-refractivity contribution is 6.07. The second kappa shape index (κ2) is 5.15. The van der Waals surface area contributed by atoms with Crippen LogP contribution in [-0.2, 0) is 23.2 Å². The number of aliphatic hydroxyl groups is 1. The van der Waals surface area contributed by atoms with E-state index in [1.54, 1.807) is 6.92 Å². The van der Waals surface area contributed by atoms with E-state index in [0.717, 1.165) is 23.3 Å². The lowest BCUT2D eigenvalue weighted by molar-refractivity contribution is -0.131. The van der Waals surface area contributed by atoms with Crippen LogP contribution in [-0.4, -0.2) is 35.1 Å². The van der Waals surface area contributed by atoms with Crippen molar-refractivity contribution in [1.29, 1.82) is 0 Å². The molecule has 1 aliphatic heterocycles. The topological polar surface area (TPSA) is 69.6 Å². The number of hydrogen-bond acceptors (Lipinski definition) is 3. The van der Waals surface area contributed by atoms with Crippen molar-refractivity contribution in [3.63, 3.8) is 0 Å². The molecule has 1 aliphatic carbocycles. The Labute approximate surface area is 123 Å². The third-order valence-electron chi connectivity index (χ3n) is 4.52. The van der Waals surface area contributed by atoms with E-state index in [9.17, 15) is 9.59 Å². The number of urea groups is 1. The van der Waals surface area contributed by atoms with Crippen LogP contribution in [0.3, 0.4) is 0 Å². The number of carbonyl (C=O) groups is 2. The Morgan fingerprint density at radius 2 is 1.95 bits per heavy atom. The van der Waals surface area contributed by atoms with Gasteiger partial charge in [-0.3, -0.25) is 9.69 Å². The number of nitrogens with one attached hydrogen (secondary N) is 1. The van der Waals surface area contributed by atoms with Crippen LogP contribution in [0.25, 0.3) is 0 Å². The van der Waals surface area contributed by atoms with Crippen LogP contribution < -0.4 is 5.32 Å². The Hall–Kier alpha value is -1.88. The van der Waals surface area contributed by atoms with Gasteiger partial charge in [-0.2, -0.15) is 0 Å². The van der Waals surface area contributed by atoms with Crippen molar-refractivity contribution >= 4 is 11.9 Å². The molecule has 3 amide bonds. The molecule has 112 valence electrons. The van der Waals surface area contributed by atoms with Crippen LogP contribution in [0.5, 0.6) is 0 Å². The fraction of sp³-hybridized carbons (Fsp3) is 0.500. The number of aliphatic hydroxyl groups excluding tert-OH is 1. The third kappa shape index (κ3) is 2.21.